The number of hydrogen-bond acceptors (Lipinski definition) is 4. The summed E-state index contributed by atoms with van der Waals surface area (Å²) in [4.78, 5) is 33.6. The van der Waals surface area contributed by atoms with Gasteiger partial charge >= 0.3 is 12.0 Å². The fourth-order valence-corrected chi connectivity index (χ4v) is 1.69. The molecule has 0 saturated heterocycles. The summed E-state index contributed by atoms with van der Waals surface area (Å²) in [5.41, 5.74) is -0.678. The van der Waals surface area contributed by atoms with E-state index in [1.165, 1.54) is 0 Å². The van der Waals surface area contributed by atoms with Gasteiger partial charge in [0.05, 0.1) is 6.42 Å². The van der Waals surface area contributed by atoms with E-state index in [1.807, 2.05) is 13.2 Å². The first kappa shape index (κ1) is 17.8. The predicted octanol–water partition coefficient (Wildman–Crippen LogP) is 1.45. The molecule has 6 nitrogen and oxygen atoms in total. The van der Waals surface area contributed by atoms with Crippen molar-refractivity contribution in [3.8, 4) is 0 Å². The lowest BCUT2D eigenvalue weighted by molar-refractivity contribution is -0.139. The number of aliphatic carboxylic acids is 1. The predicted molar refractivity (Wildman–Crippen MR) is 75.2 cm³/mol. The molecule has 1 atom stereocenters. The van der Waals surface area contributed by atoms with E-state index in [-0.39, 0.29) is 18.1 Å². The summed E-state index contributed by atoms with van der Waals surface area (Å²) in [6.07, 6.45) is 1.81. The molecule has 0 saturated carbocycles. The number of urea groups is 1. The van der Waals surface area contributed by atoms with Gasteiger partial charge in [-0.25, -0.2) is 4.79 Å². The first-order valence-electron chi connectivity index (χ1n) is 5.98. The second-order valence-electron chi connectivity index (χ2n) is 5.22. The number of rotatable bonds is 7. The molecule has 19 heavy (non-hydrogen) atoms. The van der Waals surface area contributed by atoms with Gasteiger partial charge in [0.15, 0.2) is 0 Å². The Labute approximate surface area is 117 Å². The molecule has 0 spiro atoms. The second kappa shape index (κ2) is 8.04. The number of carbonyl (C=O) groups excluding carboxylic acids is 2. The highest BCUT2D eigenvalue weighted by molar-refractivity contribution is 7.99. The number of carboxylic acid groups (broad SMARTS) is 1. The van der Waals surface area contributed by atoms with Crippen molar-refractivity contribution >= 4 is 29.7 Å². The van der Waals surface area contributed by atoms with Crippen LogP contribution in [0.2, 0.25) is 0 Å². The summed E-state index contributed by atoms with van der Waals surface area (Å²) in [5, 5.41) is 13.8. The van der Waals surface area contributed by atoms with Crippen molar-refractivity contribution in [1.29, 1.82) is 0 Å². The SMILES string of the molecule is CSC(C)CNC(=O)NC(=O)CC(C)(C)CC(=O)O. The Hall–Kier alpha value is -1.24. The molecule has 110 valence electrons. The first-order valence-corrected chi connectivity index (χ1v) is 7.27. The van der Waals surface area contributed by atoms with Gasteiger partial charge in [-0.05, 0) is 11.7 Å². The smallest absolute Gasteiger partial charge is 0.321 e. The Balaban J connectivity index is 4.10. The van der Waals surface area contributed by atoms with Gasteiger partial charge < -0.3 is 10.4 Å². The number of amides is 3. The maximum Gasteiger partial charge on any atom is 0.321 e. The summed E-state index contributed by atoms with van der Waals surface area (Å²) in [6.45, 7) is 5.78. The van der Waals surface area contributed by atoms with E-state index < -0.39 is 23.3 Å². The van der Waals surface area contributed by atoms with Gasteiger partial charge in [0.1, 0.15) is 0 Å². The molecule has 0 fully saturated rings. The Morgan fingerprint density at radius 2 is 1.84 bits per heavy atom. The number of carbonyl (C=O) groups is 3. The van der Waals surface area contributed by atoms with E-state index in [2.05, 4.69) is 10.6 Å². The Bertz CT molecular complexity index is 345. The van der Waals surface area contributed by atoms with Crippen molar-refractivity contribution in [2.75, 3.05) is 12.8 Å². The molecule has 0 aliphatic rings. The van der Waals surface area contributed by atoms with E-state index in [9.17, 15) is 14.4 Å². The van der Waals surface area contributed by atoms with Crippen LogP contribution in [0, 0.1) is 5.41 Å². The highest BCUT2D eigenvalue weighted by atomic mass is 32.2. The van der Waals surface area contributed by atoms with Crippen molar-refractivity contribution in [2.24, 2.45) is 5.41 Å². The maximum atomic E-state index is 11.6. The van der Waals surface area contributed by atoms with Crippen LogP contribution in [0.25, 0.3) is 0 Å². The molecule has 0 radical (unpaired) electrons. The molecule has 0 aromatic heterocycles. The molecular weight excluding hydrogens is 268 g/mol. The third-order valence-electron chi connectivity index (χ3n) is 2.47. The third kappa shape index (κ3) is 9.35. The monoisotopic (exact) mass is 290 g/mol. The molecule has 0 aliphatic heterocycles. The van der Waals surface area contributed by atoms with Crippen LogP contribution >= 0.6 is 11.8 Å². The quantitative estimate of drug-likeness (QED) is 0.659. The molecule has 3 amide bonds. The summed E-state index contributed by atoms with van der Waals surface area (Å²) >= 11 is 1.61. The maximum absolute atomic E-state index is 11.6. The molecule has 7 heteroatoms. The van der Waals surface area contributed by atoms with Crippen molar-refractivity contribution in [1.82, 2.24) is 10.6 Å². The fraction of sp³-hybridized carbons (Fsp3) is 0.750. The Kier molecular flexibility index (Phi) is 7.51. The lowest BCUT2D eigenvalue weighted by atomic mass is 9.85. The van der Waals surface area contributed by atoms with E-state index in [0.717, 1.165) is 0 Å². The van der Waals surface area contributed by atoms with E-state index in [4.69, 9.17) is 5.11 Å². The minimum Gasteiger partial charge on any atom is -0.481 e. The highest BCUT2D eigenvalue weighted by Crippen LogP contribution is 2.24. The molecule has 0 heterocycles. The lowest BCUT2D eigenvalue weighted by Gasteiger charge is -2.21. The van der Waals surface area contributed by atoms with Crippen molar-refractivity contribution in [2.45, 2.75) is 38.9 Å². The normalized spacial score (nSPS) is 12.6. The van der Waals surface area contributed by atoms with Crippen LogP contribution in [0.3, 0.4) is 0 Å². The fourth-order valence-electron chi connectivity index (χ4n) is 1.44. The van der Waals surface area contributed by atoms with Crippen LogP contribution in [0.15, 0.2) is 0 Å². The van der Waals surface area contributed by atoms with Crippen LogP contribution in [0.1, 0.15) is 33.6 Å². The number of thioether (sulfide) groups is 1. The van der Waals surface area contributed by atoms with Crippen molar-refractivity contribution in [3.05, 3.63) is 0 Å². The van der Waals surface area contributed by atoms with Crippen molar-refractivity contribution < 1.29 is 19.5 Å². The summed E-state index contributed by atoms with van der Waals surface area (Å²) in [5.74, 6) is -1.43. The van der Waals surface area contributed by atoms with Gasteiger partial charge in [-0.1, -0.05) is 20.8 Å². The second-order valence-corrected chi connectivity index (χ2v) is 6.49. The molecule has 3 N–H and O–H groups in total. The Morgan fingerprint density at radius 1 is 1.26 bits per heavy atom. The zero-order valence-electron chi connectivity index (χ0n) is 11.8. The molecule has 0 aliphatic carbocycles. The minimum atomic E-state index is -0.962. The van der Waals surface area contributed by atoms with Crippen LogP contribution < -0.4 is 10.6 Å². The van der Waals surface area contributed by atoms with Gasteiger partial charge in [0.2, 0.25) is 5.91 Å². The topological polar surface area (TPSA) is 95.5 Å². The number of nitrogens with one attached hydrogen (secondary N) is 2. The van der Waals surface area contributed by atoms with Crippen molar-refractivity contribution in [3.63, 3.8) is 0 Å². The lowest BCUT2D eigenvalue weighted by Crippen LogP contribution is -2.42. The molecule has 0 aromatic rings. The third-order valence-corrected chi connectivity index (χ3v) is 3.45. The summed E-state index contributed by atoms with van der Waals surface area (Å²) in [7, 11) is 0. The van der Waals surface area contributed by atoms with Crippen LogP contribution in [0.5, 0.6) is 0 Å². The minimum absolute atomic E-state index is 0.00913. The molecular formula is C12H22N2O4S. The van der Waals surface area contributed by atoms with Gasteiger partial charge in [-0.15, -0.1) is 0 Å². The first-order chi connectivity index (χ1) is 8.66. The van der Waals surface area contributed by atoms with Gasteiger partial charge in [0.25, 0.3) is 0 Å². The van der Waals surface area contributed by atoms with E-state index in [0.29, 0.717) is 6.54 Å². The van der Waals surface area contributed by atoms with E-state index >= 15 is 0 Å². The summed E-state index contributed by atoms with van der Waals surface area (Å²) in [6, 6.07) is -0.544. The zero-order valence-corrected chi connectivity index (χ0v) is 12.6. The van der Waals surface area contributed by atoms with Gasteiger partial charge in [-0.3, -0.25) is 14.9 Å². The molecule has 0 aromatic carbocycles. The van der Waals surface area contributed by atoms with Crippen LogP contribution in [0.4, 0.5) is 4.79 Å². The average molecular weight is 290 g/mol. The van der Waals surface area contributed by atoms with Gasteiger partial charge in [-0.2, -0.15) is 11.8 Å². The number of imide groups is 1. The molecule has 1 unspecified atom stereocenters. The van der Waals surface area contributed by atoms with Crippen LogP contribution in [-0.2, 0) is 9.59 Å². The number of carboxylic acids is 1. The van der Waals surface area contributed by atoms with Gasteiger partial charge in [0, 0.05) is 18.2 Å². The highest BCUT2D eigenvalue weighted by Gasteiger charge is 2.25. The molecule has 0 rings (SSSR count). The largest absolute Gasteiger partial charge is 0.481 e. The average Bonchev–Trinajstić information content (AvgIpc) is 2.22. The number of hydrogen-bond donors (Lipinski definition) is 3. The summed E-state index contributed by atoms with van der Waals surface area (Å²) < 4.78 is 0. The zero-order chi connectivity index (χ0) is 15.1. The van der Waals surface area contributed by atoms with Crippen LogP contribution in [-0.4, -0.2) is 41.1 Å². The van der Waals surface area contributed by atoms with E-state index in [1.54, 1.807) is 25.6 Å². The molecule has 0 bridgehead atoms. The Morgan fingerprint density at radius 3 is 2.32 bits per heavy atom. The standard InChI is InChI=1S/C12H22N2O4S/c1-8(19-4)7-13-11(18)14-9(15)5-12(2,3)6-10(16)17/h8H,5-7H2,1-4H3,(H,16,17)(H2,13,14,15,18).